The van der Waals surface area contributed by atoms with Crippen molar-refractivity contribution in [1.82, 2.24) is 14.2 Å². The lowest BCUT2D eigenvalue weighted by Gasteiger charge is -2.39. The van der Waals surface area contributed by atoms with Gasteiger partial charge in [-0.1, -0.05) is 24.3 Å². The van der Waals surface area contributed by atoms with E-state index in [4.69, 9.17) is 10.5 Å². The zero-order valence-electron chi connectivity index (χ0n) is 22.4. The fourth-order valence-corrected chi connectivity index (χ4v) is 6.74. The summed E-state index contributed by atoms with van der Waals surface area (Å²) >= 11 is 0. The van der Waals surface area contributed by atoms with E-state index in [1.807, 2.05) is 42.5 Å². The summed E-state index contributed by atoms with van der Waals surface area (Å²) in [5.41, 5.74) is 8.82. The first-order valence-corrected chi connectivity index (χ1v) is 14.6. The SMILES string of the molecule is COc1ccc(N2CCN(CC(Cc3ccc(N)cc3)N(C)S(=O)(=O)c3cccc4cnccc34)CC2)cc1. The molecule has 1 aromatic heterocycles. The number of fused-ring (bicyclic) bond motifs is 1. The predicted molar refractivity (Wildman–Crippen MR) is 157 cm³/mol. The Bertz CT molecular complexity index is 1500. The third-order valence-corrected chi connectivity index (χ3v) is 9.51. The molecule has 2 heterocycles. The van der Waals surface area contributed by atoms with Gasteiger partial charge < -0.3 is 15.4 Å². The number of pyridine rings is 1. The van der Waals surface area contributed by atoms with Crippen molar-refractivity contribution in [1.29, 1.82) is 0 Å². The Morgan fingerprint density at radius 2 is 1.69 bits per heavy atom. The van der Waals surface area contributed by atoms with Crippen LogP contribution in [0.2, 0.25) is 0 Å². The number of rotatable bonds is 9. The van der Waals surface area contributed by atoms with Gasteiger partial charge in [-0.25, -0.2) is 8.42 Å². The number of anilines is 2. The number of hydrogen-bond donors (Lipinski definition) is 1. The van der Waals surface area contributed by atoms with Gasteiger partial charge in [-0.15, -0.1) is 0 Å². The van der Waals surface area contributed by atoms with Crippen LogP contribution < -0.4 is 15.4 Å². The second-order valence-electron chi connectivity index (χ2n) is 9.96. The van der Waals surface area contributed by atoms with Crippen LogP contribution in [0.15, 0.2) is 90.1 Å². The number of piperazine rings is 1. The van der Waals surface area contributed by atoms with Crippen molar-refractivity contribution in [3.63, 3.8) is 0 Å². The van der Waals surface area contributed by atoms with Crippen LogP contribution in [0, 0.1) is 0 Å². The van der Waals surface area contributed by atoms with Crippen LogP contribution in [0.25, 0.3) is 10.8 Å². The lowest BCUT2D eigenvalue weighted by atomic mass is 10.0. The number of benzene rings is 3. The van der Waals surface area contributed by atoms with Crippen molar-refractivity contribution in [2.75, 3.05) is 57.5 Å². The van der Waals surface area contributed by atoms with Crippen LogP contribution in [0.1, 0.15) is 5.56 Å². The largest absolute Gasteiger partial charge is 0.497 e. The van der Waals surface area contributed by atoms with E-state index in [9.17, 15) is 8.42 Å². The summed E-state index contributed by atoms with van der Waals surface area (Å²) < 4.78 is 34.9. The maximum Gasteiger partial charge on any atom is 0.243 e. The number of nitrogen functional groups attached to an aromatic ring is 1. The normalized spacial score (nSPS) is 15.5. The smallest absolute Gasteiger partial charge is 0.243 e. The van der Waals surface area contributed by atoms with E-state index in [2.05, 4.69) is 26.9 Å². The molecule has 1 aliphatic rings. The van der Waals surface area contributed by atoms with Gasteiger partial charge >= 0.3 is 0 Å². The number of methoxy groups -OCH3 is 1. The molecule has 0 bridgehead atoms. The second-order valence-corrected chi connectivity index (χ2v) is 11.9. The number of hydrogen-bond acceptors (Lipinski definition) is 7. The van der Waals surface area contributed by atoms with Crippen LogP contribution in [-0.2, 0) is 16.4 Å². The van der Waals surface area contributed by atoms with E-state index < -0.39 is 10.0 Å². The molecule has 204 valence electrons. The van der Waals surface area contributed by atoms with Crippen molar-refractivity contribution in [3.8, 4) is 5.75 Å². The lowest BCUT2D eigenvalue weighted by Crippen LogP contribution is -2.52. The minimum Gasteiger partial charge on any atom is -0.497 e. The molecule has 1 aliphatic heterocycles. The average molecular weight is 546 g/mol. The van der Waals surface area contributed by atoms with Crippen molar-refractivity contribution in [2.45, 2.75) is 17.4 Å². The topological polar surface area (TPSA) is 92.0 Å². The standard InChI is InChI=1S/C30H35N5O3S/c1-33(39(36,37)30-5-3-4-24-21-32-15-14-29(24)30)27(20-23-6-8-25(31)9-7-23)22-34-16-18-35(19-17-34)26-10-12-28(38-2)13-11-26/h3-15,21,27H,16-20,22,31H2,1-2H3. The minimum atomic E-state index is -3.77. The van der Waals surface area contributed by atoms with Gasteiger partial charge in [-0.3, -0.25) is 9.88 Å². The van der Waals surface area contributed by atoms with Crippen LogP contribution in [0.3, 0.4) is 0 Å². The summed E-state index contributed by atoms with van der Waals surface area (Å²) in [6, 6.07) is 22.7. The van der Waals surface area contributed by atoms with Gasteiger partial charge in [0.25, 0.3) is 0 Å². The lowest BCUT2D eigenvalue weighted by molar-refractivity contribution is 0.201. The quantitative estimate of drug-likeness (QED) is 0.319. The molecule has 39 heavy (non-hydrogen) atoms. The zero-order chi connectivity index (χ0) is 27.4. The highest BCUT2D eigenvalue weighted by Crippen LogP contribution is 2.27. The maximum absolute atomic E-state index is 14.0. The summed E-state index contributed by atoms with van der Waals surface area (Å²) in [4.78, 5) is 9.18. The first-order valence-electron chi connectivity index (χ1n) is 13.1. The van der Waals surface area contributed by atoms with Crippen LogP contribution in [0.4, 0.5) is 11.4 Å². The zero-order valence-corrected chi connectivity index (χ0v) is 23.2. The number of ether oxygens (including phenoxy) is 1. The molecule has 0 radical (unpaired) electrons. The van der Waals surface area contributed by atoms with Crippen molar-refractivity contribution in [3.05, 3.63) is 90.8 Å². The van der Waals surface area contributed by atoms with Crippen LogP contribution in [-0.4, -0.2) is 75.5 Å². The highest BCUT2D eigenvalue weighted by atomic mass is 32.2. The Morgan fingerprint density at radius 1 is 0.974 bits per heavy atom. The molecular formula is C30H35N5O3S. The Morgan fingerprint density at radius 3 is 2.38 bits per heavy atom. The number of nitrogens with two attached hydrogens (primary N) is 1. The van der Waals surface area contributed by atoms with E-state index in [0.717, 1.165) is 42.9 Å². The summed E-state index contributed by atoms with van der Waals surface area (Å²) in [5.74, 6) is 0.842. The fraction of sp³-hybridized carbons (Fsp3) is 0.300. The van der Waals surface area contributed by atoms with E-state index in [1.165, 1.54) is 5.69 Å². The summed E-state index contributed by atoms with van der Waals surface area (Å²) in [7, 11) is -0.403. The van der Waals surface area contributed by atoms with E-state index in [0.29, 0.717) is 28.9 Å². The van der Waals surface area contributed by atoms with Gasteiger partial charge in [0.05, 0.1) is 12.0 Å². The van der Waals surface area contributed by atoms with Gasteiger partial charge in [0.15, 0.2) is 0 Å². The minimum absolute atomic E-state index is 0.261. The van der Waals surface area contributed by atoms with Crippen molar-refractivity contribution in [2.24, 2.45) is 0 Å². The number of sulfonamides is 1. The average Bonchev–Trinajstić information content (AvgIpc) is 2.97. The van der Waals surface area contributed by atoms with Gasteiger partial charge in [0.2, 0.25) is 10.0 Å². The number of likely N-dealkylation sites (N-methyl/N-ethyl adjacent to an activating group) is 1. The highest BCUT2D eigenvalue weighted by Gasteiger charge is 2.31. The van der Waals surface area contributed by atoms with E-state index in [1.54, 1.807) is 49.1 Å². The molecular weight excluding hydrogens is 510 g/mol. The Kier molecular flexibility index (Phi) is 8.02. The molecule has 3 aromatic carbocycles. The third kappa shape index (κ3) is 6.00. The highest BCUT2D eigenvalue weighted by molar-refractivity contribution is 7.89. The van der Waals surface area contributed by atoms with Gasteiger partial charge in [0, 0.05) is 80.4 Å². The Labute approximate surface area is 230 Å². The van der Waals surface area contributed by atoms with E-state index in [-0.39, 0.29) is 6.04 Å². The fourth-order valence-electron chi connectivity index (χ4n) is 5.18. The Hall–Kier alpha value is -3.66. The third-order valence-electron chi connectivity index (χ3n) is 7.54. The molecule has 2 N–H and O–H groups in total. The van der Waals surface area contributed by atoms with Gasteiger partial charge in [-0.05, 0) is 60.5 Å². The Balaban J connectivity index is 1.36. The summed E-state index contributed by atoms with van der Waals surface area (Å²) in [5, 5.41) is 1.48. The number of nitrogens with zero attached hydrogens (tertiary/aromatic N) is 4. The van der Waals surface area contributed by atoms with Crippen LogP contribution in [0.5, 0.6) is 5.75 Å². The molecule has 1 fully saturated rings. The second kappa shape index (κ2) is 11.6. The molecule has 5 rings (SSSR count). The molecule has 1 atom stereocenters. The van der Waals surface area contributed by atoms with Crippen LogP contribution >= 0.6 is 0 Å². The van der Waals surface area contributed by atoms with Gasteiger partial charge in [-0.2, -0.15) is 4.31 Å². The summed E-state index contributed by atoms with van der Waals surface area (Å²) in [6.45, 7) is 4.06. The van der Waals surface area contributed by atoms with Gasteiger partial charge in [0.1, 0.15) is 5.75 Å². The molecule has 4 aromatic rings. The van der Waals surface area contributed by atoms with Crippen molar-refractivity contribution >= 4 is 32.2 Å². The van der Waals surface area contributed by atoms with E-state index >= 15 is 0 Å². The molecule has 0 amide bonds. The predicted octanol–water partition coefficient (Wildman–Crippen LogP) is 3.88. The molecule has 0 spiro atoms. The molecule has 1 saturated heterocycles. The molecule has 0 aliphatic carbocycles. The molecule has 9 heteroatoms. The first-order chi connectivity index (χ1) is 18.8. The van der Waals surface area contributed by atoms with Crippen molar-refractivity contribution < 1.29 is 13.2 Å². The molecule has 8 nitrogen and oxygen atoms in total. The monoisotopic (exact) mass is 545 g/mol. The summed E-state index contributed by atoms with van der Waals surface area (Å²) in [6.07, 6.45) is 3.92. The molecule has 1 unspecified atom stereocenters. The first kappa shape index (κ1) is 26.9. The number of aromatic nitrogens is 1. The maximum atomic E-state index is 14.0. The molecule has 0 saturated carbocycles.